The van der Waals surface area contributed by atoms with Crippen molar-refractivity contribution in [2.24, 2.45) is 0 Å². The quantitative estimate of drug-likeness (QED) is 0.774. The van der Waals surface area contributed by atoms with Gasteiger partial charge in [-0.1, -0.05) is 18.2 Å². The molecule has 2 aliphatic heterocycles. The molecular formula is C19H25NO4. The maximum absolute atomic E-state index is 12.4. The minimum atomic E-state index is -0.493. The van der Waals surface area contributed by atoms with Crippen molar-refractivity contribution < 1.29 is 19.1 Å². The summed E-state index contributed by atoms with van der Waals surface area (Å²) in [6.07, 6.45) is 2.90. The Labute approximate surface area is 142 Å². The van der Waals surface area contributed by atoms with E-state index >= 15 is 0 Å². The molecule has 0 radical (unpaired) electrons. The largest absolute Gasteiger partial charge is 0.459 e. The zero-order valence-corrected chi connectivity index (χ0v) is 14.5. The number of esters is 1. The Morgan fingerprint density at radius 3 is 2.17 bits per heavy atom. The van der Waals surface area contributed by atoms with E-state index in [1.54, 1.807) is 12.1 Å². The number of hydrogen-bond donors (Lipinski definition) is 0. The predicted molar refractivity (Wildman–Crippen MR) is 89.8 cm³/mol. The van der Waals surface area contributed by atoms with Crippen LogP contribution in [0.5, 0.6) is 0 Å². The van der Waals surface area contributed by atoms with Crippen LogP contribution in [0.25, 0.3) is 0 Å². The summed E-state index contributed by atoms with van der Waals surface area (Å²) in [5.74, 6) is -0.286. The van der Waals surface area contributed by atoms with Crippen LogP contribution < -0.4 is 0 Å². The molecule has 2 aliphatic rings. The number of fused-ring (bicyclic) bond motifs is 2. The molecule has 0 spiro atoms. The second kappa shape index (κ2) is 6.46. The van der Waals surface area contributed by atoms with Crippen LogP contribution in [0.15, 0.2) is 30.3 Å². The zero-order valence-electron chi connectivity index (χ0n) is 14.5. The first-order chi connectivity index (χ1) is 11.3. The molecule has 5 heteroatoms. The molecule has 24 heavy (non-hydrogen) atoms. The normalized spacial score (nSPS) is 26.1. The van der Waals surface area contributed by atoms with Crippen molar-refractivity contribution >= 4 is 12.1 Å². The van der Waals surface area contributed by atoms with Gasteiger partial charge in [0.25, 0.3) is 0 Å². The van der Waals surface area contributed by atoms with E-state index in [9.17, 15) is 9.59 Å². The summed E-state index contributed by atoms with van der Waals surface area (Å²) in [7, 11) is 0. The zero-order chi connectivity index (χ0) is 17.3. The fourth-order valence-corrected chi connectivity index (χ4v) is 3.63. The van der Waals surface area contributed by atoms with Crippen molar-refractivity contribution in [2.45, 2.75) is 70.2 Å². The van der Waals surface area contributed by atoms with E-state index < -0.39 is 5.60 Å². The molecule has 0 N–H and O–H groups in total. The summed E-state index contributed by atoms with van der Waals surface area (Å²) in [6.45, 7) is 5.63. The van der Waals surface area contributed by atoms with Crippen molar-refractivity contribution in [3.63, 3.8) is 0 Å². The lowest BCUT2D eigenvalue weighted by Crippen LogP contribution is -2.50. The molecule has 0 saturated carbocycles. The fourth-order valence-electron chi connectivity index (χ4n) is 3.63. The average Bonchev–Trinajstić information content (AvgIpc) is 2.78. The van der Waals surface area contributed by atoms with Crippen molar-refractivity contribution in [1.29, 1.82) is 0 Å². The first kappa shape index (κ1) is 16.8. The molecule has 5 nitrogen and oxygen atoms in total. The third-order valence-corrected chi connectivity index (χ3v) is 4.58. The smallest absolute Gasteiger partial charge is 0.410 e. The number of piperidine rings is 1. The number of carbonyl (C=O) groups is 2. The van der Waals surface area contributed by atoms with Crippen molar-refractivity contribution in [2.75, 3.05) is 0 Å². The minimum absolute atomic E-state index is 0.104. The highest BCUT2D eigenvalue weighted by molar-refractivity contribution is 5.89. The number of ether oxygens (including phenoxy) is 2. The van der Waals surface area contributed by atoms with Crippen LogP contribution in [0.4, 0.5) is 4.79 Å². The predicted octanol–water partition coefficient (Wildman–Crippen LogP) is 3.77. The van der Waals surface area contributed by atoms with Gasteiger partial charge in [0.1, 0.15) is 11.7 Å². The number of carbonyl (C=O) groups excluding carboxylic acids is 2. The van der Waals surface area contributed by atoms with Crippen LogP contribution in [-0.4, -0.2) is 40.8 Å². The number of amides is 1. The molecule has 2 atom stereocenters. The van der Waals surface area contributed by atoms with Crippen LogP contribution in [0, 0.1) is 0 Å². The molecule has 2 saturated heterocycles. The lowest BCUT2D eigenvalue weighted by Gasteiger charge is -2.39. The Kier molecular flexibility index (Phi) is 4.52. The van der Waals surface area contributed by atoms with E-state index in [4.69, 9.17) is 9.47 Å². The van der Waals surface area contributed by atoms with Gasteiger partial charge in [0, 0.05) is 24.9 Å². The summed E-state index contributed by atoms with van der Waals surface area (Å²) >= 11 is 0. The molecular weight excluding hydrogens is 306 g/mol. The Bertz CT molecular complexity index is 594. The highest BCUT2D eigenvalue weighted by Gasteiger charge is 2.45. The van der Waals surface area contributed by atoms with Crippen LogP contribution in [-0.2, 0) is 9.47 Å². The van der Waals surface area contributed by atoms with Crippen LogP contribution in [0.1, 0.15) is 56.8 Å². The van der Waals surface area contributed by atoms with E-state index in [0.29, 0.717) is 18.4 Å². The molecule has 0 aliphatic carbocycles. The Morgan fingerprint density at radius 2 is 1.62 bits per heavy atom. The molecule has 2 heterocycles. The summed E-state index contributed by atoms with van der Waals surface area (Å²) < 4.78 is 11.2. The first-order valence-electron chi connectivity index (χ1n) is 8.61. The van der Waals surface area contributed by atoms with E-state index in [2.05, 4.69) is 0 Å². The molecule has 2 fully saturated rings. The first-order valence-corrected chi connectivity index (χ1v) is 8.61. The average molecular weight is 331 g/mol. The minimum Gasteiger partial charge on any atom is -0.459 e. The highest BCUT2D eigenvalue weighted by Crippen LogP contribution is 2.38. The summed E-state index contributed by atoms with van der Waals surface area (Å²) in [6, 6.07) is 9.24. The third-order valence-electron chi connectivity index (χ3n) is 4.58. The summed E-state index contributed by atoms with van der Waals surface area (Å²) in [4.78, 5) is 26.5. The van der Waals surface area contributed by atoms with Gasteiger partial charge in [-0.15, -0.1) is 0 Å². The lowest BCUT2D eigenvalue weighted by atomic mass is 10.00. The van der Waals surface area contributed by atoms with Crippen LogP contribution in [0.3, 0.4) is 0 Å². The van der Waals surface area contributed by atoms with Crippen LogP contribution in [0.2, 0.25) is 0 Å². The Balaban J connectivity index is 1.61. The molecule has 1 amide bonds. The van der Waals surface area contributed by atoms with Crippen molar-refractivity contribution in [3.05, 3.63) is 35.9 Å². The maximum atomic E-state index is 12.4. The van der Waals surface area contributed by atoms with Gasteiger partial charge in [-0.05, 0) is 45.7 Å². The molecule has 3 rings (SSSR count). The molecule has 1 aromatic carbocycles. The molecule has 2 bridgehead atoms. The van der Waals surface area contributed by atoms with Crippen LogP contribution >= 0.6 is 0 Å². The highest BCUT2D eigenvalue weighted by atomic mass is 16.6. The number of benzene rings is 1. The topological polar surface area (TPSA) is 55.8 Å². The SMILES string of the molecule is CC(C)(C)OC(=O)N1C2CCC1CC(OC(=O)c1ccccc1)C2. The molecule has 130 valence electrons. The van der Waals surface area contributed by atoms with Gasteiger partial charge in [0.05, 0.1) is 5.56 Å². The summed E-state index contributed by atoms with van der Waals surface area (Å²) in [5.41, 5.74) is 0.0760. The van der Waals surface area contributed by atoms with E-state index in [1.165, 1.54) is 0 Å². The molecule has 1 aromatic rings. The van der Waals surface area contributed by atoms with Gasteiger partial charge in [0.2, 0.25) is 0 Å². The fraction of sp³-hybridized carbons (Fsp3) is 0.579. The Morgan fingerprint density at radius 1 is 1.04 bits per heavy atom. The van der Waals surface area contributed by atoms with Gasteiger partial charge in [-0.2, -0.15) is 0 Å². The molecule has 2 unspecified atom stereocenters. The van der Waals surface area contributed by atoms with E-state index in [-0.39, 0.29) is 30.3 Å². The standard InChI is InChI=1S/C19H25NO4/c1-19(2,3)24-18(22)20-14-9-10-15(20)12-16(11-14)23-17(21)13-7-5-4-6-8-13/h4-8,14-16H,9-12H2,1-3H3. The monoisotopic (exact) mass is 331 g/mol. The van der Waals surface area contributed by atoms with Crippen molar-refractivity contribution in [1.82, 2.24) is 4.90 Å². The van der Waals surface area contributed by atoms with E-state index in [0.717, 1.165) is 12.8 Å². The van der Waals surface area contributed by atoms with Gasteiger partial charge in [-0.25, -0.2) is 9.59 Å². The molecule has 0 aromatic heterocycles. The van der Waals surface area contributed by atoms with Gasteiger partial charge in [-0.3, -0.25) is 0 Å². The number of rotatable bonds is 2. The van der Waals surface area contributed by atoms with Gasteiger partial charge < -0.3 is 14.4 Å². The second-order valence-corrected chi connectivity index (χ2v) is 7.64. The van der Waals surface area contributed by atoms with E-state index in [1.807, 2.05) is 43.9 Å². The maximum Gasteiger partial charge on any atom is 0.410 e. The third kappa shape index (κ3) is 3.71. The Hall–Kier alpha value is -2.04. The number of nitrogens with zero attached hydrogens (tertiary/aromatic N) is 1. The summed E-state index contributed by atoms with van der Waals surface area (Å²) in [5, 5.41) is 0. The van der Waals surface area contributed by atoms with Gasteiger partial charge in [0.15, 0.2) is 0 Å². The second-order valence-electron chi connectivity index (χ2n) is 7.64. The van der Waals surface area contributed by atoms with Gasteiger partial charge >= 0.3 is 12.1 Å². The lowest BCUT2D eigenvalue weighted by molar-refractivity contribution is -0.0226. The number of hydrogen-bond acceptors (Lipinski definition) is 4. The van der Waals surface area contributed by atoms with Crippen molar-refractivity contribution in [3.8, 4) is 0 Å².